The van der Waals surface area contributed by atoms with Crippen LogP contribution >= 0.6 is 48.8 Å². The number of aromatic amines is 3. The van der Waals surface area contributed by atoms with E-state index in [2.05, 4.69) is 166 Å². The van der Waals surface area contributed by atoms with Crippen molar-refractivity contribution in [3.63, 3.8) is 0 Å². The number of thiol groups is 2. The van der Waals surface area contributed by atoms with Crippen molar-refractivity contribution in [3.05, 3.63) is 173 Å². The number of aliphatic hydroxyl groups excluding tert-OH is 1. The number of hydrogen-bond acceptors (Lipinski definition) is 20. The predicted molar refractivity (Wildman–Crippen MR) is 502 cm³/mol. The average molecular weight is 1820 g/mol. The fourth-order valence-corrected chi connectivity index (χ4v) is 21.2. The molecule has 127 heavy (non-hydrogen) atoms. The minimum Gasteiger partial charge on any atom is -0.508 e. The first-order chi connectivity index (χ1) is 61.3. The second kappa shape index (κ2) is 46.3. The molecule has 0 unspecified atom stereocenters. The second-order valence-electron chi connectivity index (χ2n) is 34.0. The van der Waals surface area contributed by atoms with Crippen molar-refractivity contribution in [1.29, 1.82) is 0 Å². The summed E-state index contributed by atoms with van der Waals surface area (Å²) in [6.45, 7) is 11.4. The minimum atomic E-state index is -1.53. The van der Waals surface area contributed by atoms with Crippen LogP contribution in [0.5, 0.6) is 5.75 Å². The number of fused-ring (bicyclic) bond motifs is 5. The van der Waals surface area contributed by atoms with Crippen LogP contribution in [0.25, 0.3) is 32.7 Å². The van der Waals surface area contributed by atoms with E-state index in [0.717, 1.165) is 75.7 Å². The molecule has 2 fully saturated rings. The summed E-state index contributed by atoms with van der Waals surface area (Å²) in [5, 5.41) is 52.1. The van der Waals surface area contributed by atoms with Crippen LogP contribution in [0.2, 0.25) is 0 Å². The van der Waals surface area contributed by atoms with Crippen LogP contribution in [0, 0.1) is 0 Å². The highest BCUT2D eigenvalue weighted by atomic mass is 32.2. The molecule has 30 nitrogen and oxygen atoms in total. The van der Waals surface area contributed by atoms with Gasteiger partial charge in [-0.2, -0.15) is 25.3 Å². The van der Waals surface area contributed by atoms with E-state index >= 15 is 24.0 Å². The number of para-hydroxylation sites is 1. The van der Waals surface area contributed by atoms with Gasteiger partial charge >= 0.3 is 0 Å². The number of aromatic nitrogens is 3. The number of nitrogens with one attached hydrogen (secondary N) is 13. The minimum absolute atomic E-state index is 0.00420. The standard InChI is InChI=1S/C93H123N17O13S4/c1-5-35-109-47-60(42-65-63-22-17-27-69-82(63)57(45-98-69)40-78(65)109)126-51-80(113)96-34-16-14-26-71(100-81(114)52-127-61-43-66-64-23-18-28-70-83(64)58(46-99-70)41-79(66)110(48-61)36-6-2)87(117)103-73(37-54-19-9-8-10-20-54)90(120)107-76(49-124)92(122)104-74(38-55-29-31-59(112)32-30-55)89(119)105-75(39-56-44-97-68-24-12-11-21-62(56)68)91(121)102-72(25-13-15-33-94)88(118)101-67(7-3)86(116)106-77(50-125)93(123)108-84(53(4)111)85(95)115/h8-12,17-24,27-32,44-46,53,60-61,65-67,71-79,84,97-99,111-112,124-125H,5-7,13-16,25-26,33-43,47-52,94H2,1-4H3,(H2,95,115)(H,96,113)(H,100,114)(H,101,118)(H,102,121)(H,103,117)(H,104,122)(H,105,119)(H,106,116)(H,107,120)(H,108,123)/t53-,60+,61+,65-,66-,67+,71+,72+,73-,74+,75-,76+,77+,78-,79-,84+/m1/s1. The maximum Gasteiger partial charge on any atom is 0.244 e. The highest BCUT2D eigenvalue weighted by Gasteiger charge is 2.44. The number of benzene rings is 5. The maximum atomic E-state index is 15.4. The number of primary amides is 1. The normalized spacial score (nSPS) is 19.6. The van der Waals surface area contributed by atoms with Crippen molar-refractivity contribution in [3.8, 4) is 5.75 Å². The van der Waals surface area contributed by atoms with Gasteiger partial charge < -0.3 is 89.8 Å². The Balaban J connectivity index is 0.742. The zero-order valence-corrected chi connectivity index (χ0v) is 75.9. The van der Waals surface area contributed by atoms with E-state index < -0.39 is 114 Å². The lowest BCUT2D eigenvalue weighted by atomic mass is 9.75. The van der Waals surface area contributed by atoms with Crippen molar-refractivity contribution < 1.29 is 63.0 Å². The van der Waals surface area contributed by atoms with Crippen LogP contribution in [0.4, 0.5) is 0 Å². The van der Waals surface area contributed by atoms with Gasteiger partial charge in [0.15, 0.2) is 0 Å². The van der Waals surface area contributed by atoms with Gasteiger partial charge in [-0.1, -0.05) is 106 Å². The van der Waals surface area contributed by atoms with Crippen LogP contribution in [0.1, 0.15) is 149 Å². The van der Waals surface area contributed by atoms with Crippen LogP contribution in [0.3, 0.4) is 0 Å². The summed E-state index contributed by atoms with van der Waals surface area (Å²) in [7, 11) is 0. The number of likely N-dealkylation sites (tertiary alicyclic amines) is 2. The second-order valence-corrected chi connectivity index (χ2v) is 37.3. The number of phenols is 1. The zero-order chi connectivity index (χ0) is 90.4. The van der Waals surface area contributed by atoms with Crippen molar-refractivity contribution in [2.75, 3.05) is 62.3 Å². The molecule has 4 aliphatic rings. The van der Waals surface area contributed by atoms with Gasteiger partial charge in [-0.15, -0.1) is 23.5 Å². The number of aromatic hydroxyl groups is 1. The number of hydrogen-bond donors (Lipinski definition) is 19. The van der Waals surface area contributed by atoms with Crippen molar-refractivity contribution >= 4 is 146 Å². The first-order valence-corrected chi connectivity index (χ1v) is 47.9. The summed E-state index contributed by atoms with van der Waals surface area (Å²) < 4.78 is 0. The Morgan fingerprint density at radius 3 is 1.45 bits per heavy atom. The number of carbonyl (C=O) groups is 11. The van der Waals surface area contributed by atoms with E-state index in [-0.39, 0.29) is 102 Å². The molecule has 8 aromatic rings. The lowest BCUT2D eigenvalue weighted by molar-refractivity contribution is -0.136. The third-order valence-electron chi connectivity index (χ3n) is 24.9. The molecule has 682 valence electrons. The SMILES string of the molecule is CCCN1C[C@@H](SCC(=O)NCCCC[C@H](NC(=O)CS[C@H]2C[C@@H]3c4cccc5[nH]cc(c45)C[C@H]3N(CCC)C2)C(=O)N[C@H](Cc2ccccc2)C(=O)N[C@@H](CS)C(=O)N[C@@H](Cc2ccc(O)cc2)C(=O)N[C@H](Cc2c[nH]c3ccccc23)C(=O)N[C@@H](CCCCN)C(=O)N[C@@H](CC)C(=O)N[C@@H](CS)C(=O)N[C@H](C(N)=O)[C@@H](C)O)C[C@@H]2c3cccc4[nH]cc(c34)C[C@H]21. The van der Waals surface area contributed by atoms with Gasteiger partial charge in [0.25, 0.3) is 0 Å². The van der Waals surface area contributed by atoms with E-state index in [9.17, 15) is 39.0 Å². The number of H-pyrrole nitrogens is 3. The Morgan fingerprint density at radius 2 is 0.929 bits per heavy atom. The molecule has 16 atom stereocenters. The Bertz CT molecular complexity index is 5130. The first kappa shape index (κ1) is 96.0. The number of aliphatic hydroxyl groups is 1. The first-order valence-electron chi connectivity index (χ1n) is 44.5. The molecule has 0 spiro atoms. The highest BCUT2D eigenvalue weighted by molar-refractivity contribution is 8.00. The third-order valence-corrected chi connectivity index (χ3v) is 28.1. The number of amides is 11. The number of rotatable bonds is 47. The molecular weight excluding hydrogens is 1690 g/mol. The van der Waals surface area contributed by atoms with Crippen molar-refractivity contribution in [1.82, 2.24) is 77.9 Å². The van der Waals surface area contributed by atoms with Gasteiger partial charge in [0.2, 0.25) is 65.0 Å². The number of nitrogens with two attached hydrogens (primary N) is 2. The molecule has 3 aromatic heterocycles. The van der Waals surface area contributed by atoms with Gasteiger partial charge in [0, 0.05) is 136 Å². The number of nitrogens with zero attached hydrogens (tertiary/aromatic N) is 2. The van der Waals surface area contributed by atoms with E-state index in [0.29, 0.717) is 77.8 Å². The van der Waals surface area contributed by atoms with Crippen LogP contribution < -0.4 is 64.6 Å². The van der Waals surface area contributed by atoms with Crippen LogP contribution in [-0.4, -0.2) is 245 Å². The molecule has 5 heterocycles. The molecule has 19 N–H and O–H groups in total. The molecule has 0 saturated carbocycles. The van der Waals surface area contributed by atoms with Gasteiger partial charge in [0.05, 0.1) is 17.6 Å². The molecule has 2 aliphatic carbocycles. The van der Waals surface area contributed by atoms with Gasteiger partial charge in [-0.05, 0) is 179 Å². The van der Waals surface area contributed by atoms with Gasteiger partial charge in [-0.25, -0.2) is 0 Å². The molecule has 34 heteroatoms. The summed E-state index contributed by atoms with van der Waals surface area (Å²) >= 11 is 12.1. The van der Waals surface area contributed by atoms with Crippen LogP contribution in [-0.2, 0) is 84.8 Å². The topological polar surface area (TPSA) is 454 Å². The number of thioether (sulfide) groups is 2. The average Bonchev–Trinajstić information content (AvgIpc) is 1.67. The van der Waals surface area contributed by atoms with E-state index in [1.54, 1.807) is 85.2 Å². The largest absolute Gasteiger partial charge is 0.508 e. The summed E-state index contributed by atoms with van der Waals surface area (Å²) in [6.07, 6.45) is 11.6. The Morgan fingerprint density at radius 1 is 0.488 bits per heavy atom. The predicted octanol–water partition coefficient (Wildman–Crippen LogP) is 5.63. The third kappa shape index (κ3) is 25.1. The fourth-order valence-electron chi connectivity index (χ4n) is 18.4. The molecule has 0 bridgehead atoms. The number of carbonyl (C=O) groups excluding carboxylic acids is 11. The van der Waals surface area contributed by atoms with Gasteiger partial charge in [0.1, 0.15) is 60.1 Å². The van der Waals surface area contributed by atoms with E-state index in [1.165, 1.54) is 52.1 Å². The summed E-state index contributed by atoms with van der Waals surface area (Å²) in [5.74, 6) is -7.82. The maximum absolute atomic E-state index is 15.4. The highest BCUT2D eigenvalue weighted by Crippen LogP contribution is 2.47. The molecule has 2 aliphatic heterocycles. The number of piperidine rings is 2. The lowest BCUT2D eigenvalue weighted by Crippen LogP contribution is -2.61. The quantitative estimate of drug-likeness (QED) is 0.0162. The summed E-state index contributed by atoms with van der Waals surface area (Å²) in [4.78, 5) is 174. The molecule has 5 aromatic carbocycles. The van der Waals surface area contributed by atoms with E-state index in [4.69, 9.17) is 11.5 Å². The van der Waals surface area contributed by atoms with Gasteiger partial charge in [-0.3, -0.25) is 62.5 Å². The summed E-state index contributed by atoms with van der Waals surface area (Å²) in [5.41, 5.74) is 21.4. The van der Waals surface area contributed by atoms with E-state index in [1.807, 2.05) is 18.2 Å². The smallest absolute Gasteiger partial charge is 0.244 e. The Hall–Kier alpha value is -10.1. The fraction of sp³-hybridized carbons (Fsp3) is 0.495. The summed E-state index contributed by atoms with van der Waals surface area (Å²) in [6, 6.07) is 23.3. The molecular formula is C93H123N17O13S4. The van der Waals surface area contributed by atoms with Crippen molar-refractivity contribution in [2.24, 2.45) is 11.5 Å². The van der Waals surface area contributed by atoms with Crippen molar-refractivity contribution in [2.45, 2.75) is 225 Å². The molecule has 2 saturated heterocycles. The molecule has 11 amide bonds. The Labute approximate surface area is 760 Å². The molecule has 0 radical (unpaired) electrons. The molecule has 12 rings (SSSR count). The van der Waals surface area contributed by atoms with Crippen LogP contribution in [0.15, 0.2) is 134 Å². The Kier molecular flexibility index (Phi) is 35.0. The monoisotopic (exact) mass is 1810 g/mol. The number of unbranched alkanes of at least 4 members (excludes halogenated alkanes) is 2. The number of phenolic OH excluding ortho intramolecular Hbond substituents is 1. The zero-order valence-electron chi connectivity index (χ0n) is 72.5. The lowest BCUT2D eigenvalue weighted by Gasteiger charge is -2.47.